The van der Waals surface area contributed by atoms with E-state index in [1.54, 1.807) is 5.51 Å². The highest BCUT2D eigenvalue weighted by Crippen LogP contribution is 2.28. The maximum atomic E-state index is 13.6. The number of nitrogens with zero attached hydrogens (tertiary/aromatic N) is 4. The molecule has 0 bridgehead atoms. The maximum Gasteiger partial charge on any atom is 0.263 e. The van der Waals surface area contributed by atoms with E-state index in [4.69, 9.17) is 11.5 Å². The number of benzene rings is 3. The number of aromatic nitrogens is 4. The quantitative estimate of drug-likeness (QED) is 0.259. The van der Waals surface area contributed by atoms with E-state index < -0.39 is 0 Å². The molecule has 0 saturated carbocycles. The number of aryl methyl sites for hydroxylation is 1. The van der Waals surface area contributed by atoms with Crippen LogP contribution in [0, 0.1) is 0 Å². The first-order valence-electron chi connectivity index (χ1n) is 12.2. The van der Waals surface area contributed by atoms with Crippen molar-refractivity contribution in [1.29, 1.82) is 0 Å². The van der Waals surface area contributed by atoms with Crippen molar-refractivity contribution in [2.45, 2.75) is 19.9 Å². The Hall–Kier alpha value is -4.31. The minimum absolute atomic E-state index is 0.0179. The SMILES string of the molecule is C=S.CCc1cc2cccc(-c3cccc(CN)c3)c2c(=O)n1-c1ccccc1.Nc1ncnc2scnc12. The lowest BCUT2D eigenvalue weighted by atomic mass is 9.97. The van der Waals surface area contributed by atoms with E-state index in [-0.39, 0.29) is 5.56 Å². The first-order valence-corrected chi connectivity index (χ1v) is 13.7. The first kappa shape index (κ1) is 27.7. The molecule has 0 aliphatic carbocycles. The fraction of sp³-hybridized carbons (Fsp3) is 0.100. The van der Waals surface area contributed by atoms with Crippen LogP contribution >= 0.6 is 23.6 Å². The fourth-order valence-electron chi connectivity index (χ4n) is 4.35. The van der Waals surface area contributed by atoms with E-state index in [0.29, 0.717) is 17.9 Å². The van der Waals surface area contributed by atoms with E-state index in [1.165, 1.54) is 17.7 Å². The number of para-hydroxylation sites is 1. The van der Waals surface area contributed by atoms with Crippen molar-refractivity contribution in [3.05, 3.63) is 112 Å². The van der Waals surface area contributed by atoms with Gasteiger partial charge in [-0.15, -0.1) is 11.3 Å². The molecule has 3 aromatic carbocycles. The predicted octanol–water partition coefficient (Wildman–Crippen LogP) is 5.96. The number of nitrogen functional groups attached to an aromatic ring is 1. The van der Waals surface area contributed by atoms with Crippen LogP contribution < -0.4 is 17.0 Å². The van der Waals surface area contributed by atoms with E-state index in [0.717, 1.165) is 50.1 Å². The molecule has 0 atom stereocenters. The molecule has 39 heavy (non-hydrogen) atoms. The molecular formula is C30H28N6OS2. The van der Waals surface area contributed by atoms with E-state index in [9.17, 15) is 4.79 Å². The molecule has 0 fully saturated rings. The van der Waals surface area contributed by atoms with Crippen molar-refractivity contribution in [2.24, 2.45) is 5.73 Å². The van der Waals surface area contributed by atoms with Crippen LogP contribution in [0.5, 0.6) is 0 Å². The number of rotatable bonds is 4. The number of fused-ring (bicyclic) bond motifs is 2. The molecule has 196 valence electrons. The zero-order valence-corrected chi connectivity index (χ0v) is 23.1. The highest BCUT2D eigenvalue weighted by molar-refractivity contribution is 7.77. The number of thiocarbonyl (C=S) groups is 1. The van der Waals surface area contributed by atoms with E-state index >= 15 is 0 Å². The third-order valence-electron chi connectivity index (χ3n) is 6.14. The van der Waals surface area contributed by atoms with Crippen molar-refractivity contribution in [1.82, 2.24) is 19.5 Å². The van der Waals surface area contributed by atoms with Crippen LogP contribution in [0.25, 0.3) is 37.9 Å². The standard InChI is InChI=1S/C24H22N2O.C5H4N4S.CH2S/c1-2-20-15-19-10-7-13-22(18-9-6-8-17(14-18)16-25)23(19)24(27)26(20)21-11-4-3-5-12-21;6-4-3-5(8-1-7-4)10-2-9-3;1-2/h3-15H,2,16,25H2,1H3;1-2H,(H2,6,7,8);1H2. The van der Waals surface area contributed by atoms with Gasteiger partial charge in [0, 0.05) is 17.9 Å². The first-order chi connectivity index (χ1) is 19.1. The number of pyridine rings is 1. The highest BCUT2D eigenvalue weighted by Gasteiger charge is 2.14. The zero-order valence-electron chi connectivity index (χ0n) is 21.4. The van der Waals surface area contributed by atoms with Crippen LogP contribution in [-0.4, -0.2) is 25.4 Å². The summed E-state index contributed by atoms with van der Waals surface area (Å²) in [6.07, 6.45) is 2.23. The van der Waals surface area contributed by atoms with E-state index in [1.807, 2.05) is 71.3 Å². The summed E-state index contributed by atoms with van der Waals surface area (Å²) >= 11 is 5.29. The summed E-state index contributed by atoms with van der Waals surface area (Å²) in [6, 6.07) is 26.1. The summed E-state index contributed by atoms with van der Waals surface area (Å²) in [4.78, 5) is 26.2. The summed E-state index contributed by atoms with van der Waals surface area (Å²) in [5.74, 6) is 3.28. The van der Waals surface area contributed by atoms with Gasteiger partial charge in [-0.1, -0.05) is 73.7 Å². The summed E-state index contributed by atoms with van der Waals surface area (Å²) < 4.78 is 1.83. The molecule has 0 aliphatic rings. The number of thiazole rings is 1. The van der Waals surface area contributed by atoms with Crippen molar-refractivity contribution in [2.75, 3.05) is 5.73 Å². The number of hydrogen-bond donors (Lipinski definition) is 2. The van der Waals surface area contributed by atoms with Crippen LogP contribution in [0.2, 0.25) is 0 Å². The van der Waals surface area contributed by atoms with Gasteiger partial charge < -0.3 is 11.5 Å². The summed E-state index contributed by atoms with van der Waals surface area (Å²) in [7, 11) is 0. The molecule has 0 spiro atoms. The fourth-order valence-corrected chi connectivity index (χ4v) is 4.99. The molecule has 0 radical (unpaired) electrons. The van der Waals surface area contributed by atoms with Gasteiger partial charge in [0.15, 0.2) is 5.82 Å². The van der Waals surface area contributed by atoms with Crippen LogP contribution in [0.1, 0.15) is 18.2 Å². The van der Waals surface area contributed by atoms with Gasteiger partial charge in [0.25, 0.3) is 5.56 Å². The Kier molecular flexibility index (Phi) is 9.22. The van der Waals surface area contributed by atoms with Crippen LogP contribution in [0.3, 0.4) is 0 Å². The van der Waals surface area contributed by atoms with Crippen molar-refractivity contribution >= 4 is 56.4 Å². The Morgan fingerprint density at radius 2 is 1.72 bits per heavy atom. The smallest absolute Gasteiger partial charge is 0.263 e. The molecule has 3 aromatic heterocycles. The highest BCUT2D eigenvalue weighted by atomic mass is 32.1. The van der Waals surface area contributed by atoms with Gasteiger partial charge in [0.05, 0.1) is 10.9 Å². The Labute approximate surface area is 235 Å². The average Bonchev–Trinajstić information content (AvgIpc) is 3.49. The molecule has 0 aliphatic heterocycles. The second-order valence-electron chi connectivity index (χ2n) is 8.40. The van der Waals surface area contributed by atoms with Crippen molar-refractivity contribution in [3.63, 3.8) is 0 Å². The molecule has 9 heteroatoms. The third-order valence-corrected chi connectivity index (χ3v) is 6.87. The van der Waals surface area contributed by atoms with Gasteiger partial charge >= 0.3 is 0 Å². The molecule has 3 heterocycles. The zero-order chi connectivity index (χ0) is 27.8. The normalized spacial score (nSPS) is 10.4. The molecule has 0 amide bonds. The van der Waals surface area contributed by atoms with Gasteiger partial charge in [-0.2, -0.15) is 0 Å². The van der Waals surface area contributed by atoms with Gasteiger partial charge in [-0.05, 0) is 58.6 Å². The topological polar surface area (TPSA) is 113 Å². The monoisotopic (exact) mass is 552 g/mol. The van der Waals surface area contributed by atoms with Gasteiger partial charge in [-0.3, -0.25) is 9.36 Å². The minimum Gasteiger partial charge on any atom is -0.382 e. The summed E-state index contributed by atoms with van der Waals surface area (Å²) in [5.41, 5.74) is 18.6. The van der Waals surface area contributed by atoms with Crippen molar-refractivity contribution in [3.8, 4) is 16.8 Å². The Morgan fingerprint density at radius 3 is 2.44 bits per heavy atom. The number of nitrogens with two attached hydrogens (primary N) is 2. The second kappa shape index (κ2) is 13.0. The number of hydrogen-bond acceptors (Lipinski definition) is 8. The van der Waals surface area contributed by atoms with E-state index in [2.05, 4.69) is 52.1 Å². The Morgan fingerprint density at radius 1 is 0.949 bits per heavy atom. The molecular weight excluding hydrogens is 525 g/mol. The Bertz CT molecular complexity index is 1770. The molecule has 4 N–H and O–H groups in total. The molecule has 6 aromatic rings. The Balaban J connectivity index is 0.000000244. The molecule has 6 rings (SSSR count). The predicted molar refractivity (Wildman–Crippen MR) is 167 cm³/mol. The average molecular weight is 553 g/mol. The number of anilines is 1. The largest absolute Gasteiger partial charge is 0.382 e. The van der Waals surface area contributed by atoms with Crippen LogP contribution in [0.4, 0.5) is 5.82 Å². The lowest BCUT2D eigenvalue weighted by molar-refractivity contribution is 0.889. The minimum atomic E-state index is 0.0179. The van der Waals surface area contributed by atoms with Gasteiger partial charge in [0.1, 0.15) is 16.7 Å². The maximum absolute atomic E-state index is 13.6. The third kappa shape index (κ3) is 5.91. The van der Waals surface area contributed by atoms with Gasteiger partial charge in [0.2, 0.25) is 0 Å². The van der Waals surface area contributed by atoms with Gasteiger partial charge in [-0.25, -0.2) is 15.0 Å². The lowest BCUT2D eigenvalue weighted by Gasteiger charge is -2.15. The van der Waals surface area contributed by atoms with Crippen LogP contribution in [-0.2, 0) is 13.0 Å². The van der Waals surface area contributed by atoms with Crippen molar-refractivity contribution < 1.29 is 0 Å². The summed E-state index contributed by atoms with van der Waals surface area (Å²) in [6.45, 7) is 2.56. The molecule has 7 nitrogen and oxygen atoms in total. The summed E-state index contributed by atoms with van der Waals surface area (Å²) in [5, 5.41) is 1.72. The lowest BCUT2D eigenvalue weighted by Crippen LogP contribution is -2.22. The van der Waals surface area contributed by atoms with Crippen LogP contribution in [0.15, 0.2) is 95.5 Å². The second-order valence-corrected chi connectivity index (χ2v) is 9.24. The molecule has 0 saturated heterocycles. The molecule has 0 unspecified atom stereocenters.